The lowest BCUT2D eigenvalue weighted by atomic mass is 10.1. The van der Waals surface area contributed by atoms with Crippen molar-refractivity contribution in [2.75, 3.05) is 26.6 Å². The Labute approximate surface area is 201 Å². The maximum atomic E-state index is 12.9. The van der Waals surface area contributed by atoms with E-state index in [1.807, 2.05) is 31.2 Å². The minimum atomic E-state index is -1.91. The molecule has 3 N–H and O–H groups in total. The number of methoxy groups -OCH3 is 3. The van der Waals surface area contributed by atoms with E-state index in [2.05, 4.69) is 16.0 Å². The highest BCUT2D eigenvalue weighted by molar-refractivity contribution is 7.80. The summed E-state index contributed by atoms with van der Waals surface area (Å²) in [5, 5.41) is 8.55. The van der Waals surface area contributed by atoms with Gasteiger partial charge in [-0.3, -0.25) is 4.79 Å². The third-order valence-corrected chi connectivity index (χ3v) is 4.99. The van der Waals surface area contributed by atoms with Crippen LogP contribution in [0.25, 0.3) is 0 Å². The topological polar surface area (TPSA) is 80.9 Å². The Bertz CT molecular complexity index is 911. The Morgan fingerprint density at radius 2 is 1.52 bits per heavy atom. The van der Waals surface area contributed by atoms with E-state index < -0.39 is 15.9 Å². The molecule has 0 fully saturated rings. The Morgan fingerprint density at radius 3 is 1.97 bits per heavy atom. The quantitative estimate of drug-likeness (QED) is 0.291. The molecule has 0 spiro atoms. The highest BCUT2D eigenvalue weighted by Crippen LogP contribution is 2.38. The van der Waals surface area contributed by atoms with Crippen LogP contribution in [-0.2, 0) is 0 Å². The van der Waals surface area contributed by atoms with E-state index in [0.717, 1.165) is 11.3 Å². The lowest BCUT2D eigenvalue weighted by Crippen LogP contribution is -2.56. The van der Waals surface area contributed by atoms with Crippen molar-refractivity contribution >= 4 is 63.7 Å². The molecule has 2 rings (SSSR count). The number of carbonyl (C=O) groups excluding carboxylic acids is 1. The summed E-state index contributed by atoms with van der Waals surface area (Å²) >= 11 is 23.5. The third kappa shape index (κ3) is 6.93. The van der Waals surface area contributed by atoms with Gasteiger partial charge in [0.15, 0.2) is 16.6 Å². The van der Waals surface area contributed by atoms with Crippen LogP contribution in [-0.4, -0.2) is 42.3 Å². The number of rotatable bonds is 7. The SMILES string of the molecule is COc1cc(C(=O)N[C@H](NC(=S)Nc2ccc(C)cc2)C(Cl)(Cl)Cl)cc(OC)c1OC. The number of ether oxygens (including phenoxy) is 3. The maximum Gasteiger partial charge on any atom is 0.253 e. The maximum absolute atomic E-state index is 12.9. The number of alkyl halides is 3. The Balaban J connectivity index is 2.19. The second kappa shape index (κ2) is 10.9. The van der Waals surface area contributed by atoms with Gasteiger partial charge in [0.05, 0.1) is 21.3 Å². The molecule has 7 nitrogen and oxygen atoms in total. The molecule has 0 aliphatic rings. The zero-order valence-electron chi connectivity index (χ0n) is 17.2. The van der Waals surface area contributed by atoms with E-state index in [4.69, 9.17) is 61.2 Å². The Kier molecular flexibility index (Phi) is 8.88. The summed E-state index contributed by atoms with van der Waals surface area (Å²) in [7, 11) is 4.35. The lowest BCUT2D eigenvalue weighted by molar-refractivity contribution is 0.0933. The summed E-state index contributed by atoms with van der Waals surface area (Å²) in [6.07, 6.45) is -1.14. The van der Waals surface area contributed by atoms with Gasteiger partial charge in [-0.15, -0.1) is 0 Å². The average Bonchev–Trinajstić information content (AvgIpc) is 2.72. The molecule has 0 heterocycles. The summed E-state index contributed by atoms with van der Waals surface area (Å²) in [5.41, 5.74) is 2.04. The molecule has 0 radical (unpaired) electrons. The zero-order chi connectivity index (χ0) is 23.2. The fourth-order valence-electron chi connectivity index (χ4n) is 2.56. The highest BCUT2D eigenvalue weighted by Gasteiger charge is 2.35. The van der Waals surface area contributed by atoms with Gasteiger partial charge in [-0.1, -0.05) is 52.5 Å². The van der Waals surface area contributed by atoms with E-state index in [9.17, 15) is 4.79 Å². The number of anilines is 1. The van der Waals surface area contributed by atoms with Crippen LogP contribution >= 0.6 is 47.0 Å². The number of nitrogens with one attached hydrogen (secondary N) is 3. The number of hydrogen-bond acceptors (Lipinski definition) is 5. The molecule has 1 amide bonds. The standard InChI is InChI=1S/C20H22Cl3N3O4S/c1-11-5-7-13(8-6-11)24-19(31)26-18(20(21,22)23)25-17(27)12-9-14(28-2)16(30-4)15(10-12)29-3/h5-10,18H,1-4H3,(H,25,27)(H2,24,26,31)/t18-/m1/s1. The number of halogens is 3. The molecule has 11 heteroatoms. The Hall–Kier alpha value is -2.13. The van der Waals surface area contributed by atoms with E-state index >= 15 is 0 Å². The predicted octanol–water partition coefficient (Wildman–Crippen LogP) is 4.43. The first-order chi connectivity index (χ1) is 14.6. The van der Waals surface area contributed by atoms with Crippen LogP contribution in [0.5, 0.6) is 17.2 Å². The van der Waals surface area contributed by atoms with E-state index in [-0.39, 0.29) is 10.7 Å². The van der Waals surface area contributed by atoms with Gasteiger partial charge in [0, 0.05) is 11.3 Å². The average molecular weight is 507 g/mol. The van der Waals surface area contributed by atoms with Crippen LogP contribution in [0.4, 0.5) is 5.69 Å². The normalized spacial score (nSPS) is 11.8. The van der Waals surface area contributed by atoms with Gasteiger partial charge >= 0.3 is 0 Å². The number of thiocarbonyl (C=S) groups is 1. The zero-order valence-corrected chi connectivity index (χ0v) is 20.3. The van der Waals surface area contributed by atoms with E-state index in [1.54, 1.807) is 0 Å². The first-order valence-corrected chi connectivity index (χ1v) is 10.4. The number of amides is 1. The first-order valence-electron chi connectivity index (χ1n) is 8.90. The molecular formula is C20H22Cl3N3O4S. The van der Waals surface area contributed by atoms with Crippen LogP contribution in [0.15, 0.2) is 36.4 Å². The molecule has 0 aromatic heterocycles. The molecule has 0 unspecified atom stereocenters. The molecule has 0 bridgehead atoms. The van der Waals surface area contributed by atoms with Gasteiger partial charge in [-0.2, -0.15) is 0 Å². The number of aryl methyl sites for hydroxylation is 1. The van der Waals surface area contributed by atoms with Crippen molar-refractivity contribution in [1.29, 1.82) is 0 Å². The van der Waals surface area contributed by atoms with E-state index in [1.165, 1.54) is 33.5 Å². The minimum Gasteiger partial charge on any atom is -0.493 e. The van der Waals surface area contributed by atoms with Crippen molar-refractivity contribution in [1.82, 2.24) is 10.6 Å². The van der Waals surface area contributed by atoms with Crippen molar-refractivity contribution in [3.8, 4) is 17.2 Å². The van der Waals surface area contributed by atoms with Gasteiger partial charge in [-0.05, 0) is 43.4 Å². The molecule has 168 valence electrons. The van der Waals surface area contributed by atoms with Gasteiger partial charge in [0.25, 0.3) is 5.91 Å². The van der Waals surface area contributed by atoms with Gasteiger partial charge in [0.2, 0.25) is 9.54 Å². The van der Waals surface area contributed by atoms with Crippen LogP contribution in [0, 0.1) is 6.92 Å². The van der Waals surface area contributed by atoms with Crippen molar-refractivity contribution in [2.24, 2.45) is 0 Å². The molecule has 0 aliphatic carbocycles. The second-order valence-electron chi connectivity index (χ2n) is 6.33. The molecule has 2 aromatic carbocycles. The van der Waals surface area contributed by atoms with Crippen LogP contribution < -0.4 is 30.2 Å². The summed E-state index contributed by atoms with van der Waals surface area (Å²) < 4.78 is 13.9. The van der Waals surface area contributed by atoms with Gasteiger partial charge in [0.1, 0.15) is 6.17 Å². The highest BCUT2D eigenvalue weighted by atomic mass is 35.6. The summed E-state index contributed by atoms with van der Waals surface area (Å²) in [6.45, 7) is 1.97. The Morgan fingerprint density at radius 1 is 0.968 bits per heavy atom. The fraction of sp³-hybridized carbons (Fsp3) is 0.300. The van der Waals surface area contributed by atoms with Crippen molar-refractivity contribution in [2.45, 2.75) is 16.9 Å². The smallest absolute Gasteiger partial charge is 0.253 e. The lowest BCUT2D eigenvalue weighted by Gasteiger charge is -2.28. The van der Waals surface area contributed by atoms with Crippen LogP contribution in [0.1, 0.15) is 15.9 Å². The molecule has 1 atom stereocenters. The minimum absolute atomic E-state index is 0.158. The van der Waals surface area contributed by atoms with Gasteiger partial charge in [-0.25, -0.2) is 0 Å². The molecule has 0 saturated heterocycles. The van der Waals surface area contributed by atoms with Crippen molar-refractivity contribution in [3.63, 3.8) is 0 Å². The number of hydrogen-bond donors (Lipinski definition) is 3. The number of carbonyl (C=O) groups is 1. The van der Waals surface area contributed by atoms with Crippen LogP contribution in [0.3, 0.4) is 0 Å². The predicted molar refractivity (Wildman–Crippen MR) is 128 cm³/mol. The summed E-state index contributed by atoms with van der Waals surface area (Å²) in [4.78, 5) is 12.9. The van der Waals surface area contributed by atoms with Crippen molar-refractivity contribution < 1.29 is 19.0 Å². The molecule has 0 aliphatic heterocycles. The third-order valence-electron chi connectivity index (χ3n) is 4.11. The fourth-order valence-corrected chi connectivity index (χ4v) is 3.12. The molecule has 2 aromatic rings. The second-order valence-corrected chi connectivity index (χ2v) is 9.10. The van der Waals surface area contributed by atoms with Crippen LogP contribution in [0.2, 0.25) is 0 Å². The summed E-state index contributed by atoms with van der Waals surface area (Å²) in [5.74, 6) is 0.409. The van der Waals surface area contributed by atoms with E-state index in [0.29, 0.717) is 17.2 Å². The largest absolute Gasteiger partial charge is 0.493 e. The monoisotopic (exact) mass is 505 g/mol. The number of benzene rings is 2. The first kappa shape index (κ1) is 25.1. The van der Waals surface area contributed by atoms with Crippen molar-refractivity contribution in [3.05, 3.63) is 47.5 Å². The molecular weight excluding hydrogens is 485 g/mol. The summed E-state index contributed by atoms with van der Waals surface area (Å²) in [6, 6.07) is 10.5. The molecule has 31 heavy (non-hydrogen) atoms. The van der Waals surface area contributed by atoms with Gasteiger partial charge < -0.3 is 30.2 Å². The molecule has 0 saturated carbocycles.